The molecule has 1 unspecified atom stereocenters. The summed E-state index contributed by atoms with van der Waals surface area (Å²) in [6.45, 7) is 2.72. The standard InChI is InChI=1S/C10H13ClN2O5S2/c1-2-7-6-12(3-4-18-7)20(16,17)9-5-8(13(14)15)10(11)19-9/h5,7H,2-4,6H2,1H3. The lowest BCUT2D eigenvalue weighted by atomic mass is 10.2. The first kappa shape index (κ1) is 15.6. The van der Waals surface area contributed by atoms with E-state index >= 15 is 0 Å². The Balaban J connectivity index is 2.30. The maximum atomic E-state index is 12.4. The molecule has 1 aromatic heterocycles. The maximum absolute atomic E-state index is 12.4. The number of ether oxygens (including phenoxy) is 1. The van der Waals surface area contributed by atoms with Crippen LogP contribution in [0.3, 0.4) is 0 Å². The van der Waals surface area contributed by atoms with Gasteiger partial charge in [-0.25, -0.2) is 8.42 Å². The van der Waals surface area contributed by atoms with E-state index in [4.69, 9.17) is 16.3 Å². The number of sulfonamides is 1. The van der Waals surface area contributed by atoms with Crippen LogP contribution in [-0.2, 0) is 14.8 Å². The number of thiophene rings is 1. The summed E-state index contributed by atoms with van der Waals surface area (Å²) >= 11 is 6.42. The quantitative estimate of drug-likeness (QED) is 0.618. The Labute approximate surface area is 125 Å². The Morgan fingerprint density at radius 2 is 2.35 bits per heavy atom. The van der Waals surface area contributed by atoms with Crippen LogP contribution in [0.15, 0.2) is 10.3 Å². The summed E-state index contributed by atoms with van der Waals surface area (Å²) in [5.74, 6) is 0. The van der Waals surface area contributed by atoms with Crippen LogP contribution in [-0.4, -0.2) is 43.4 Å². The first-order chi connectivity index (χ1) is 9.36. The fourth-order valence-corrected chi connectivity index (χ4v) is 5.15. The summed E-state index contributed by atoms with van der Waals surface area (Å²) in [7, 11) is -3.76. The summed E-state index contributed by atoms with van der Waals surface area (Å²) in [4.78, 5) is 10.0. The second-order valence-corrected chi connectivity index (χ2v) is 8.06. The summed E-state index contributed by atoms with van der Waals surface area (Å²) in [5, 5.41) is 10.7. The van der Waals surface area contributed by atoms with Crippen molar-refractivity contribution in [1.82, 2.24) is 4.31 Å². The van der Waals surface area contributed by atoms with Crippen molar-refractivity contribution in [1.29, 1.82) is 0 Å². The van der Waals surface area contributed by atoms with E-state index in [1.165, 1.54) is 4.31 Å². The van der Waals surface area contributed by atoms with Crippen molar-refractivity contribution >= 4 is 38.6 Å². The molecule has 20 heavy (non-hydrogen) atoms. The molecule has 0 radical (unpaired) electrons. The molecule has 2 rings (SSSR count). The van der Waals surface area contributed by atoms with Crippen molar-refractivity contribution in [2.75, 3.05) is 19.7 Å². The Morgan fingerprint density at radius 1 is 1.65 bits per heavy atom. The highest BCUT2D eigenvalue weighted by Gasteiger charge is 2.33. The lowest BCUT2D eigenvalue weighted by Gasteiger charge is -2.31. The highest BCUT2D eigenvalue weighted by Crippen LogP contribution is 2.37. The molecular formula is C10H13ClN2O5S2. The average molecular weight is 341 g/mol. The van der Waals surface area contributed by atoms with Gasteiger partial charge < -0.3 is 4.74 Å². The molecule has 10 heteroatoms. The second-order valence-electron chi connectivity index (χ2n) is 4.25. The van der Waals surface area contributed by atoms with Gasteiger partial charge in [-0.05, 0) is 6.42 Å². The molecule has 0 aromatic carbocycles. The Kier molecular flexibility index (Phi) is 4.65. The van der Waals surface area contributed by atoms with Gasteiger partial charge in [0.1, 0.15) is 4.21 Å². The normalized spacial score (nSPS) is 21.0. The highest BCUT2D eigenvalue weighted by molar-refractivity contribution is 7.91. The first-order valence-corrected chi connectivity index (χ1v) is 8.55. The van der Waals surface area contributed by atoms with Crippen LogP contribution < -0.4 is 0 Å². The third kappa shape index (κ3) is 2.96. The van der Waals surface area contributed by atoms with Crippen molar-refractivity contribution in [3.63, 3.8) is 0 Å². The van der Waals surface area contributed by atoms with Crippen LogP contribution in [0.25, 0.3) is 0 Å². The molecule has 0 saturated carbocycles. The molecule has 1 atom stereocenters. The highest BCUT2D eigenvalue weighted by atomic mass is 35.5. The average Bonchev–Trinajstić information content (AvgIpc) is 2.82. The molecule has 1 fully saturated rings. The zero-order valence-electron chi connectivity index (χ0n) is 10.6. The minimum atomic E-state index is -3.76. The van der Waals surface area contributed by atoms with Gasteiger partial charge in [0, 0.05) is 19.2 Å². The van der Waals surface area contributed by atoms with E-state index in [1.807, 2.05) is 6.92 Å². The van der Waals surface area contributed by atoms with E-state index < -0.39 is 14.9 Å². The molecule has 0 spiro atoms. The minimum absolute atomic E-state index is 0.106. The van der Waals surface area contributed by atoms with E-state index in [9.17, 15) is 18.5 Å². The molecule has 1 aromatic rings. The summed E-state index contributed by atoms with van der Waals surface area (Å²) in [6.07, 6.45) is 0.557. The van der Waals surface area contributed by atoms with Gasteiger partial charge in [-0.3, -0.25) is 10.1 Å². The number of rotatable bonds is 4. The Bertz CT molecular complexity index is 615. The fraction of sp³-hybridized carbons (Fsp3) is 0.600. The molecule has 1 saturated heterocycles. The summed E-state index contributed by atoms with van der Waals surface area (Å²) in [6, 6.07) is 1.01. The van der Waals surface area contributed by atoms with Crippen molar-refractivity contribution in [3.8, 4) is 0 Å². The molecule has 7 nitrogen and oxygen atoms in total. The van der Waals surface area contributed by atoms with Gasteiger partial charge >= 0.3 is 0 Å². The lowest BCUT2D eigenvalue weighted by molar-refractivity contribution is -0.384. The third-order valence-electron chi connectivity index (χ3n) is 2.99. The first-order valence-electron chi connectivity index (χ1n) is 5.91. The van der Waals surface area contributed by atoms with Crippen LogP contribution in [0.4, 0.5) is 5.69 Å². The van der Waals surface area contributed by atoms with Gasteiger partial charge in [-0.15, -0.1) is 11.3 Å². The van der Waals surface area contributed by atoms with Crippen LogP contribution in [0.5, 0.6) is 0 Å². The number of halogens is 1. The summed E-state index contributed by atoms with van der Waals surface area (Å²) in [5.41, 5.74) is -0.379. The van der Waals surface area contributed by atoms with Gasteiger partial charge in [0.05, 0.1) is 17.6 Å². The number of nitro groups is 1. The van der Waals surface area contributed by atoms with Crippen LogP contribution in [0.2, 0.25) is 4.34 Å². The predicted molar refractivity (Wildman–Crippen MR) is 74.8 cm³/mol. The molecule has 2 heterocycles. The predicted octanol–water partition coefficient (Wildman–Crippen LogP) is 2.11. The molecule has 0 aliphatic carbocycles. The minimum Gasteiger partial charge on any atom is -0.375 e. The van der Waals surface area contributed by atoms with E-state index in [2.05, 4.69) is 0 Å². The molecule has 0 bridgehead atoms. The van der Waals surface area contributed by atoms with Gasteiger partial charge in [0.2, 0.25) is 0 Å². The Morgan fingerprint density at radius 3 is 2.90 bits per heavy atom. The van der Waals surface area contributed by atoms with Crippen molar-refractivity contribution in [2.45, 2.75) is 23.7 Å². The molecule has 1 aliphatic heterocycles. The molecule has 1 aliphatic rings. The molecule has 0 N–H and O–H groups in total. The van der Waals surface area contributed by atoms with Crippen molar-refractivity contribution < 1.29 is 18.1 Å². The third-order valence-corrected chi connectivity index (χ3v) is 6.65. The largest absolute Gasteiger partial charge is 0.375 e. The molecule has 0 amide bonds. The second kappa shape index (κ2) is 5.94. The smallest absolute Gasteiger partial charge is 0.300 e. The van der Waals surface area contributed by atoms with Crippen molar-refractivity contribution in [2.24, 2.45) is 0 Å². The van der Waals surface area contributed by atoms with E-state index in [1.54, 1.807) is 0 Å². The summed E-state index contributed by atoms with van der Waals surface area (Å²) < 4.78 is 31.3. The van der Waals surface area contributed by atoms with Gasteiger partial charge in [0.15, 0.2) is 4.34 Å². The van der Waals surface area contributed by atoms with E-state index in [0.717, 1.165) is 6.07 Å². The SMILES string of the molecule is CCC1CN(S(=O)(=O)c2cc([N+](=O)[O-])c(Cl)s2)CCO1. The number of morpholine rings is 1. The zero-order chi connectivity index (χ0) is 14.9. The number of hydrogen-bond acceptors (Lipinski definition) is 6. The fourth-order valence-electron chi connectivity index (χ4n) is 1.87. The van der Waals surface area contributed by atoms with Crippen LogP contribution >= 0.6 is 22.9 Å². The maximum Gasteiger partial charge on any atom is 0.300 e. The van der Waals surface area contributed by atoms with Gasteiger partial charge in [0.25, 0.3) is 15.7 Å². The lowest BCUT2D eigenvalue weighted by Crippen LogP contribution is -2.45. The van der Waals surface area contributed by atoms with E-state index in [-0.39, 0.29) is 33.4 Å². The van der Waals surface area contributed by atoms with Gasteiger partial charge in [-0.2, -0.15) is 4.31 Å². The topological polar surface area (TPSA) is 89.8 Å². The molecule has 112 valence electrons. The van der Waals surface area contributed by atoms with Crippen LogP contribution in [0.1, 0.15) is 13.3 Å². The Hall–Kier alpha value is -0.740. The monoisotopic (exact) mass is 340 g/mol. The van der Waals surface area contributed by atoms with Crippen molar-refractivity contribution in [3.05, 3.63) is 20.5 Å². The zero-order valence-corrected chi connectivity index (χ0v) is 13.0. The van der Waals surface area contributed by atoms with Gasteiger partial charge in [-0.1, -0.05) is 18.5 Å². The van der Waals surface area contributed by atoms with E-state index in [0.29, 0.717) is 24.4 Å². The van der Waals surface area contributed by atoms with Crippen LogP contribution in [0, 0.1) is 10.1 Å². The number of hydrogen-bond donors (Lipinski definition) is 0. The number of nitrogens with zero attached hydrogens (tertiary/aromatic N) is 2. The molecular weight excluding hydrogens is 328 g/mol.